The first kappa shape index (κ1) is 15.4. The minimum absolute atomic E-state index is 0.603. The van der Waals surface area contributed by atoms with E-state index >= 15 is 0 Å². The number of aromatic nitrogens is 1. The number of thiocarbonyl (C=S) groups is 1. The second kappa shape index (κ2) is 6.04. The fourth-order valence-corrected chi connectivity index (χ4v) is 4.04. The number of aliphatic hydroxyl groups is 1. The summed E-state index contributed by atoms with van der Waals surface area (Å²) in [6, 6.07) is 18.6. The third-order valence-electron chi connectivity index (χ3n) is 4.73. The van der Waals surface area contributed by atoms with Gasteiger partial charge in [-0.3, -0.25) is 0 Å². The lowest BCUT2D eigenvalue weighted by atomic mass is 10.0. The smallest absolute Gasteiger partial charge is 0.128 e. The predicted octanol–water partition coefficient (Wildman–Crippen LogP) is 3.89. The summed E-state index contributed by atoms with van der Waals surface area (Å²) in [5, 5.41) is 11.5. The van der Waals surface area contributed by atoms with Gasteiger partial charge in [0.2, 0.25) is 0 Å². The maximum absolute atomic E-state index is 10.3. The maximum Gasteiger partial charge on any atom is 0.128 e. The highest BCUT2D eigenvalue weighted by molar-refractivity contribution is 7.80. The Hall–Kier alpha value is -2.17. The summed E-state index contributed by atoms with van der Waals surface area (Å²) in [6.45, 7) is 3.51. The van der Waals surface area contributed by atoms with Crippen LogP contribution in [0.2, 0.25) is 0 Å². The molecule has 0 spiro atoms. The molecule has 2 heterocycles. The fraction of sp³-hybridized carbons (Fsp3) is 0.250. The zero-order valence-corrected chi connectivity index (χ0v) is 14.5. The molecule has 4 heteroatoms. The molecule has 0 saturated heterocycles. The second-order valence-electron chi connectivity index (χ2n) is 6.31. The van der Waals surface area contributed by atoms with Crippen molar-refractivity contribution in [2.45, 2.75) is 26.1 Å². The lowest BCUT2D eigenvalue weighted by molar-refractivity contribution is 0.128. The van der Waals surface area contributed by atoms with Crippen LogP contribution in [0.15, 0.2) is 54.6 Å². The van der Waals surface area contributed by atoms with Gasteiger partial charge in [0.05, 0.1) is 11.2 Å². The van der Waals surface area contributed by atoms with Crippen molar-refractivity contribution in [3.8, 4) is 0 Å². The summed E-state index contributed by atoms with van der Waals surface area (Å²) in [7, 11) is 0. The van der Waals surface area contributed by atoms with Crippen molar-refractivity contribution in [3.63, 3.8) is 0 Å². The number of fused-ring (bicyclic) bond motifs is 3. The summed E-state index contributed by atoms with van der Waals surface area (Å²) >= 11 is 5.82. The molecule has 0 bridgehead atoms. The summed E-state index contributed by atoms with van der Waals surface area (Å²) < 4.78 is 1.98. The number of hydrogen-bond acceptors (Lipinski definition) is 2. The molecule has 1 aliphatic rings. The number of para-hydroxylation sites is 1. The van der Waals surface area contributed by atoms with Crippen LogP contribution in [0.4, 0.5) is 0 Å². The van der Waals surface area contributed by atoms with Crippen LogP contribution >= 0.6 is 12.2 Å². The number of nitrogens with zero attached hydrogens (tertiary/aromatic N) is 2. The first-order valence-corrected chi connectivity index (χ1v) is 8.70. The lowest BCUT2D eigenvalue weighted by Gasteiger charge is -2.31. The van der Waals surface area contributed by atoms with Crippen LogP contribution in [-0.4, -0.2) is 26.1 Å². The molecular weight excluding hydrogens is 316 g/mol. The van der Waals surface area contributed by atoms with Gasteiger partial charge in [0.1, 0.15) is 11.2 Å². The van der Waals surface area contributed by atoms with Crippen LogP contribution in [0.3, 0.4) is 0 Å². The van der Waals surface area contributed by atoms with Gasteiger partial charge in [0.25, 0.3) is 0 Å². The molecular formula is C20H20N2OS. The monoisotopic (exact) mass is 336 g/mol. The molecule has 0 amide bonds. The summed E-state index contributed by atoms with van der Waals surface area (Å²) in [6.07, 6.45) is 0.344. The standard InChI is InChI=1S/C20H20N2OS/c1-14(23)22-18-10-6-5-9-16(18)17-11-12-21(20(24)19(17)22)13-15-7-3-2-4-8-15/h2-10,14,23H,11-13H2,1H3. The molecule has 3 nitrogen and oxygen atoms in total. The number of rotatable bonds is 3. The van der Waals surface area contributed by atoms with E-state index in [0.29, 0.717) is 0 Å². The highest BCUT2D eigenvalue weighted by atomic mass is 32.1. The average molecular weight is 336 g/mol. The lowest BCUT2D eigenvalue weighted by Crippen LogP contribution is -2.37. The number of aliphatic hydroxyl groups excluding tert-OH is 1. The van der Waals surface area contributed by atoms with E-state index in [1.54, 1.807) is 6.92 Å². The largest absolute Gasteiger partial charge is 0.374 e. The topological polar surface area (TPSA) is 28.4 Å². The van der Waals surface area contributed by atoms with Crippen molar-refractivity contribution < 1.29 is 5.11 Å². The minimum Gasteiger partial charge on any atom is -0.374 e. The van der Waals surface area contributed by atoms with Crippen LogP contribution in [0, 0.1) is 0 Å². The average Bonchev–Trinajstić information content (AvgIpc) is 2.94. The van der Waals surface area contributed by atoms with E-state index in [1.165, 1.54) is 16.5 Å². The third kappa shape index (κ3) is 2.43. The normalized spacial score (nSPS) is 15.6. The highest BCUT2D eigenvalue weighted by Crippen LogP contribution is 2.33. The summed E-state index contributed by atoms with van der Waals surface area (Å²) in [5.74, 6) is 0. The van der Waals surface area contributed by atoms with Crippen LogP contribution in [0.25, 0.3) is 10.9 Å². The van der Waals surface area contributed by atoms with Gasteiger partial charge >= 0.3 is 0 Å². The zero-order chi connectivity index (χ0) is 16.7. The Labute approximate surface area is 147 Å². The molecule has 1 unspecified atom stereocenters. The third-order valence-corrected chi connectivity index (χ3v) is 5.18. The van der Waals surface area contributed by atoms with Crippen LogP contribution in [0.5, 0.6) is 0 Å². The van der Waals surface area contributed by atoms with Crippen LogP contribution in [-0.2, 0) is 13.0 Å². The molecule has 122 valence electrons. The summed E-state index contributed by atoms with van der Waals surface area (Å²) in [5.41, 5.74) is 4.58. The van der Waals surface area contributed by atoms with E-state index in [0.717, 1.165) is 35.7 Å². The fourth-order valence-electron chi connectivity index (χ4n) is 3.66. The number of hydrogen-bond donors (Lipinski definition) is 1. The molecule has 1 N–H and O–H groups in total. The van der Waals surface area contributed by atoms with Crippen molar-refractivity contribution in [3.05, 3.63) is 71.4 Å². The maximum atomic E-state index is 10.3. The first-order valence-electron chi connectivity index (χ1n) is 8.30. The van der Waals surface area contributed by atoms with E-state index in [2.05, 4.69) is 41.3 Å². The molecule has 1 aromatic heterocycles. The predicted molar refractivity (Wildman–Crippen MR) is 101 cm³/mol. The summed E-state index contributed by atoms with van der Waals surface area (Å²) in [4.78, 5) is 3.07. The van der Waals surface area contributed by atoms with E-state index < -0.39 is 6.23 Å². The molecule has 1 atom stereocenters. The van der Waals surface area contributed by atoms with E-state index in [-0.39, 0.29) is 0 Å². The van der Waals surface area contributed by atoms with E-state index in [9.17, 15) is 5.11 Å². The Kier molecular flexibility index (Phi) is 3.87. The van der Waals surface area contributed by atoms with Crippen molar-refractivity contribution in [2.75, 3.05) is 6.54 Å². The minimum atomic E-state index is -0.603. The Bertz CT molecular complexity index is 899. The van der Waals surface area contributed by atoms with Crippen molar-refractivity contribution in [1.82, 2.24) is 9.47 Å². The Morgan fingerprint density at radius 1 is 1.08 bits per heavy atom. The van der Waals surface area contributed by atoms with Gasteiger partial charge in [0.15, 0.2) is 0 Å². The SMILES string of the molecule is CC(O)n1c2c(c3ccccc31)CCN(Cc1ccccc1)C2=S. The van der Waals surface area contributed by atoms with Gasteiger partial charge in [0, 0.05) is 18.5 Å². The van der Waals surface area contributed by atoms with E-state index in [4.69, 9.17) is 12.2 Å². The van der Waals surface area contributed by atoms with Crippen molar-refractivity contribution in [1.29, 1.82) is 0 Å². The van der Waals surface area contributed by atoms with Gasteiger partial charge in [-0.1, -0.05) is 60.7 Å². The van der Waals surface area contributed by atoms with Crippen LogP contribution in [0.1, 0.15) is 30.0 Å². The van der Waals surface area contributed by atoms with Crippen LogP contribution < -0.4 is 0 Å². The molecule has 0 aliphatic carbocycles. The molecule has 0 radical (unpaired) electrons. The Morgan fingerprint density at radius 3 is 2.54 bits per heavy atom. The van der Waals surface area contributed by atoms with Gasteiger partial charge < -0.3 is 14.6 Å². The Morgan fingerprint density at radius 2 is 1.79 bits per heavy atom. The second-order valence-corrected chi connectivity index (χ2v) is 6.70. The van der Waals surface area contributed by atoms with Crippen molar-refractivity contribution in [2.24, 2.45) is 0 Å². The van der Waals surface area contributed by atoms with Gasteiger partial charge in [-0.05, 0) is 30.5 Å². The van der Waals surface area contributed by atoms with Gasteiger partial charge in [-0.15, -0.1) is 0 Å². The molecule has 4 rings (SSSR count). The quantitative estimate of drug-likeness (QED) is 0.736. The first-order chi connectivity index (χ1) is 11.7. The molecule has 1 aliphatic heterocycles. The molecule has 3 aromatic rings. The molecule has 0 saturated carbocycles. The van der Waals surface area contributed by atoms with Crippen molar-refractivity contribution >= 4 is 28.1 Å². The highest BCUT2D eigenvalue weighted by Gasteiger charge is 2.29. The van der Waals surface area contributed by atoms with Gasteiger partial charge in [-0.2, -0.15) is 0 Å². The number of benzene rings is 2. The Balaban J connectivity index is 1.79. The van der Waals surface area contributed by atoms with Gasteiger partial charge in [-0.25, -0.2) is 0 Å². The van der Waals surface area contributed by atoms with E-state index in [1.807, 2.05) is 22.8 Å². The molecule has 24 heavy (non-hydrogen) atoms. The molecule has 0 fully saturated rings. The zero-order valence-electron chi connectivity index (χ0n) is 13.6. The molecule has 2 aromatic carbocycles.